The second-order valence-corrected chi connectivity index (χ2v) is 4.22. The van der Waals surface area contributed by atoms with Gasteiger partial charge in [-0.1, -0.05) is 17.7 Å². The third kappa shape index (κ3) is 4.37. The second kappa shape index (κ2) is 6.08. The van der Waals surface area contributed by atoms with Crippen molar-refractivity contribution in [3.05, 3.63) is 34.6 Å². The van der Waals surface area contributed by atoms with Gasteiger partial charge in [0.2, 0.25) is 0 Å². The van der Waals surface area contributed by atoms with Crippen LogP contribution in [0, 0.1) is 5.82 Å². The van der Waals surface area contributed by atoms with Crippen LogP contribution >= 0.6 is 11.6 Å². The molecule has 0 aliphatic rings. The number of halogens is 5. The van der Waals surface area contributed by atoms with Crippen LogP contribution in [0.15, 0.2) is 18.2 Å². The molecule has 4 nitrogen and oxygen atoms in total. The van der Waals surface area contributed by atoms with E-state index in [9.17, 15) is 27.2 Å². The van der Waals surface area contributed by atoms with Crippen LogP contribution in [-0.2, 0) is 16.0 Å². The molecular formula is C11H8ClF4NO3. The van der Waals surface area contributed by atoms with Gasteiger partial charge in [-0.3, -0.25) is 4.79 Å². The van der Waals surface area contributed by atoms with Gasteiger partial charge in [0.15, 0.2) is 0 Å². The normalized spacial score (nSPS) is 12.8. The molecule has 110 valence electrons. The number of amides is 1. The molecule has 0 heterocycles. The molecule has 0 aromatic heterocycles. The van der Waals surface area contributed by atoms with Crippen molar-refractivity contribution in [2.45, 2.75) is 18.6 Å². The van der Waals surface area contributed by atoms with E-state index in [0.717, 1.165) is 12.1 Å². The molecule has 0 saturated carbocycles. The van der Waals surface area contributed by atoms with Gasteiger partial charge < -0.3 is 10.4 Å². The zero-order chi connectivity index (χ0) is 15.5. The maximum Gasteiger partial charge on any atom is 0.471 e. The SMILES string of the molecule is O=C(O)[C@@H](Cc1ccc(Cl)c(F)c1)NC(=O)C(F)(F)F. The number of alkyl halides is 3. The van der Waals surface area contributed by atoms with Gasteiger partial charge >= 0.3 is 18.1 Å². The summed E-state index contributed by atoms with van der Waals surface area (Å²) >= 11 is 5.41. The minimum absolute atomic E-state index is 0.0850. The topological polar surface area (TPSA) is 66.4 Å². The van der Waals surface area contributed by atoms with Crippen LogP contribution < -0.4 is 5.32 Å². The van der Waals surface area contributed by atoms with Crippen molar-refractivity contribution in [1.29, 1.82) is 0 Å². The van der Waals surface area contributed by atoms with Gasteiger partial charge in [-0.25, -0.2) is 9.18 Å². The van der Waals surface area contributed by atoms with Crippen LogP contribution in [0.1, 0.15) is 5.56 Å². The Kier molecular flexibility index (Phi) is 4.93. The van der Waals surface area contributed by atoms with Gasteiger partial charge in [0.1, 0.15) is 11.9 Å². The maximum atomic E-state index is 13.1. The predicted octanol–water partition coefficient (Wildman–Crippen LogP) is 2.15. The van der Waals surface area contributed by atoms with Crippen molar-refractivity contribution >= 4 is 23.5 Å². The number of hydrogen-bond donors (Lipinski definition) is 2. The molecule has 1 aromatic rings. The Morgan fingerprint density at radius 1 is 1.35 bits per heavy atom. The van der Waals surface area contributed by atoms with E-state index in [0.29, 0.717) is 0 Å². The Hall–Kier alpha value is -1.83. The highest BCUT2D eigenvalue weighted by Gasteiger charge is 2.40. The number of aliphatic carboxylic acids is 1. The molecule has 1 rings (SSSR count). The van der Waals surface area contributed by atoms with Crippen molar-refractivity contribution < 1.29 is 32.3 Å². The minimum Gasteiger partial charge on any atom is -0.480 e. The highest BCUT2D eigenvalue weighted by atomic mass is 35.5. The standard InChI is InChI=1S/C11H8ClF4NO3/c12-6-2-1-5(3-7(6)13)4-8(9(18)19)17-10(20)11(14,15)16/h1-3,8H,4H2,(H,17,20)(H,18,19)/t8-/m1/s1. The Morgan fingerprint density at radius 3 is 2.40 bits per heavy atom. The van der Waals surface area contributed by atoms with Gasteiger partial charge in [-0.15, -0.1) is 0 Å². The third-order valence-electron chi connectivity index (χ3n) is 2.28. The second-order valence-electron chi connectivity index (χ2n) is 3.81. The van der Waals surface area contributed by atoms with E-state index >= 15 is 0 Å². The highest BCUT2D eigenvalue weighted by Crippen LogP contribution is 2.18. The number of rotatable bonds is 4. The van der Waals surface area contributed by atoms with Crippen molar-refractivity contribution in [3.8, 4) is 0 Å². The van der Waals surface area contributed by atoms with E-state index in [2.05, 4.69) is 0 Å². The number of carboxylic acids is 1. The summed E-state index contributed by atoms with van der Waals surface area (Å²) in [4.78, 5) is 21.5. The van der Waals surface area contributed by atoms with Crippen molar-refractivity contribution in [3.63, 3.8) is 0 Å². The first-order valence-corrected chi connectivity index (χ1v) is 5.53. The quantitative estimate of drug-likeness (QED) is 0.837. The van der Waals surface area contributed by atoms with Crippen molar-refractivity contribution in [1.82, 2.24) is 5.32 Å². The minimum atomic E-state index is -5.20. The third-order valence-corrected chi connectivity index (χ3v) is 2.59. The lowest BCUT2D eigenvalue weighted by Crippen LogP contribution is -2.47. The van der Waals surface area contributed by atoms with E-state index in [-0.39, 0.29) is 10.6 Å². The van der Waals surface area contributed by atoms with Gasteiger partial charge in [0, 0.05) is 6.42 Å². The summed E-state index contributed by atoms with van der Waals surface area (Å²) in [6.07, 6.45) is -5.70. The molecular weight excluding hydrogens is 306 g/mol. The molecule has 0 unspecified atom stereocenters. The Labute approximate surface area is 115 Å². The van der Waals surface area contributed by atoms with E-state index in [1.54, 1.807) is 0 Å². The fourth-order valence-corrected chi connectivity index (χ4v) is 1.46. The molecule has 0 aliphatic carbocycles. The zero-order valence-corrected chi connectivity index (χ0v) is 10.4. The van der Waals surface area contributed by atoms with Crippen LogP contribution in [0.5, 0.6) is 0 Å². The summed E-state index contributed by atoms with van der Waals surface area (Å²) < 4.78 is 49.3. The van der Waals surface area contributed by atoms with Gasteiger partial charge in [-0.2, -0.15) is 13.2 Å². The summed E-state index contributed by atoms with van der Waals surface area (Å²) in [5.41, 5.74) is 0.0850. The first-order valence-electron chi connectivity index (χ1n) is 5.15. The van der Waals surface area contributed by atoms with Gasteiger partial charge in [0.25, 0.3) is 0 Å². The fourth-order valence-electron chi connectivity index (χ4n) is 1.34. The molecule has 0 bridgehead atoms. The predicted molar refractivity (Wildman–Crippen MR) is 60.7 cm³/mol. The molecule has 1 amide bonds. The number of benzene rings is 1. The molecule has 9 heteroatoms. The number of nitrogens with one attached hydrogen (secondary N) is 1. The number of carbonyl (C=O) groups excluding carboxylic acids is 1. The maximum absolute atomic E-state index is 13.1. The van der Waals surface area contributed by atoms with E-state index in [4.69, 9.17) is 16.7 Å². The van der Waals surface area contributed by atoms with Crippen molar-refractivity contribution in [2.24, 2.45) is 0 Å². The monoisotopic (exact) mass is 313 g/mol. The summed E-state index contributed by atoms with van der Waals surface area (Å²) in [6.45, 7) is 0. The lowest BCUT2D eigenvalue weighted by atomic mass is 10.1. The number of carboxylic acid groups (broad SMARTS) is 1. The van der Waals surface area contributed by atoms with Crippen LogP contribution in [0.4, 0.5) is 17.6 Å². The summed E-state index contributed by atoms with van der Waals surface area (Å²) in [5.74, 6) is -4.88. The highest BCUT2D eigenvalue weighted by molar-refractivity contribution is 6.30. The summed E-state index contributed by atoms with van der Waals surface area (Å²) in [7, 11) is 0. The Bertz CT molecular complexity index is 533. The first-order chi connectivity index (χ1) is 9.11. The number of hydrogen-bond acceptors (Lipinski definition) is 2. The molecule has 2 N–H and O–H groups in total. The van der Waals surface area contributed by atoms with Crippen molar-refractivity contribution in [2.75, 3.05) is 0 Å². The first kappa shape index (κ1) is 16.2. The molecule has 0 radical (unpaired) electrons. The molecule has 20 heavy (non-hydrogen) atoms. The molecule has 1 atom stereocenters. The van der Waals surface area contributed by atoms with E-state index in [1.807, 2.05) is 0 Å². The summed E-state index contributed by atoms with van der Waals surface area (Å²) in [5, 5.41) is 9.88. The van der Waals surface area contributed by atoms with Gasteiger partial charge in [-0.05, 0) is 17.7 Å². The zero-order valence-electron chi connectivity index (χ0n) is 9.67. The molecule has 0 spiro atoms. The average molecular weight is 314 g/mol. The van der Waals surface area contributed by atoms with Crippen LogP contribution in [0.3, 0.4) is 0 Å². The smallest absolute Gasteiger partial charge is 0.471 e. The van der Waals surface area contributed by atoms with E-state index in [1.165, 1.54) is 11.4 Å². The van der Waals surface area contributed by atoms with Crippen LogP contribution in [0.2, 0.25) is 5.02 Å². The molecule has 1 aromatic carbocycles. The molecule has 0 aliphatic heterocycles. The van der Waals surface area contributed by atoms with Crippen LogP contribution in [-0.4, -0.2) is 29.2 Å². The van der Waals surface area contributed by atoms with E-state index < -0.39 is 36.3 Å². The fraction of sp³-hybridized carbons (Fsp3) is 0.273. The Balaban J connectivity index is 2.85. The van der Waals surface area contributed by atoms with Gasteiger partial charge in [0.05, 0.1) is 5.02 Å². The average Bonchev–Trinajstić information content (AvgIpc) is 2.31. The lowest BCUT2D eigenvalue weighted by molar-refractivity contribution is -0.175. The summed E-state index contributed by atoms with van der Waals surface area (Å²) in [6, 6.07) is 1.44. The number of carbonyl (C=O) groups is 2. The Morgan fingerprint density at radius 2 is 1.95 bits per heavy atom. The largest absolute Gasteiger partial charge is 0.480 e. The lowest BCUT2D eigenvalue weighted by Gasteiger charge is -2.15. The molecule has 0 saturated heterocycles. The van der Waals surface area contributed by atoms with Crippen LogP contribution in [0.25, 0.3) is 0 Å². The molecule has 0 fully saturated rings.